The average Bonchev–Trinajstić information content (AvgIpc) is 2.10. The van der Waals surface area contributed by atoms with E-state index in [9.17, 15) is 5.11 Å². The Morgan fingerprint density at radius 3 is 2.07 bits per heavy atom. The van der Waals surface area contributed by atoms with Crippen molar-refractivity contribution in [2.75, 3.05) is 13.6 Å². The molecule has 90 valence electrons. The molecule has 0 amide bonds. The molecule has 0 bridgehead atoms. The van der Waals surface area contributed by atoms with Gasteiger partial charge >= 0.3 is 29.6 Å². The van der Waals surface area contributed by atoms with Crippen molar-refractivity contribution < 1.29 is 36.1 Å². The van der Waals surface area contributed by atoms with Gasteiger partial charge in [0.15, 0.2) is 0 Å². The molecule has 15 heavy (non-hydrogen) atoms. The summed E-state index contributed by atoms with van der Waals surface area (Å²) in [5.74, 6) is 0. The number of aliphatic hydroxyl groups excluding tert-OH is 1. The Morgan fingerprint density at radius 2 is 1.60 bits per heavy atom. The third-order valence-electron chi connectivity index (χ3n) is 2.50. The molecular weight excluding hydrogens is 221 g/mol. The van der Waals surface area contributed by atoms with Crippen molar-refractivity contribution in [1.82, 2.24) is 4.90 Å². The van der Waals surface area contributed by atoms with E-state index in [4.69, 9.17) is 0 Å². The molecule has 0 rings (SSSR count). The third-order valence-corrected chi connectivity index (χ3v) is 2.50. The van der Waals surface area contributed by atoms with Gasteiger partial charge in [-0.25, -0.2) is 0 Å². The fourth-order valence-electron chi connectivity index (χ4n) is 1.33. The van der Waals surface area contributed by atoms with Crippen LogP contribution in [0.5, 0.6) is 0 Å². The van der Waals surface area contributed by atoms with Gasteiger partial charge in [0.2, 0.25) is 0 Å². The van der Waals surface area contributed by atoms with Gasteiger partial charge in [-0.3, -0.25) is 4.90 Å². The maximum absolute atomic E-state index is 9.19. The number of rotatable bonds is 8. The first-order valence-corrected chi connectivity index (χ1v) is 5.56. The molecule has 0 aromatic heterocycles. The molecule has 4 heteroatoms. The van der Waals surface area contributed by atoms with Crippen LogP contribution in [-0.4, -0.2) is 29.8 Å². The Balaban J connectivity index is -0.000000240. The first-order chi connectivity index (χ1) is 6.18. The van der Waals surface area contributed by atoms with E-state index in [1.54, 1.807) is 0 Å². The zero-order valence-corrected chi connectivity index (χ0v) is 13.6. The quantitative estimate of drug-likeness (QED) is 0.375. The number of hydrogen-bond donors (Lipinski definition) is 1. The topological polar surface area (TPSA) is 23.5 Å². The van der Waals surface area contributed by atoms with Gasteiger partial charge in [-0.05, 0) is 20.4 Å². The summed E-state index contributed by atoms with van der Waals surface area (Å²) in [6.07, 6.45) is 7.62. The summed E-state index contributed by atoms with van der Waals surface area (Å²) >= 11 is 0. The van der Waals surface area contributed by atoms with Crippen LogP contribution in [0.15, 0.2) is 0 Å². The monoisotopic (exact) mass is 247 g/mol. The van der Waals surface area contributed by atoms with Gasteiger partial charge in [-0.2, -0.15) is 0 Å². The molecule has 0 aromatic carbocycles. The van der Waals surface area contributed by atoms with Crippen molar-refractivity contribution in [3.63, 3.8) is 0 Å². The molecule has 0 aliphatic carbocycles. The Morgan fingerprint density at radius 1 is 1.13 bits per heavy atom. The summed E-state index contributed by atoms with van der Waals surface area (Å²) in [5.41, 5.74) is 0. The first-order valence-electron chi connectivity index (χ1n) is 5.56. The maximum Gasteiger partial charge on any atom is 1.00 e. The van der Waals surface area contributed by atoms with E-state index < -0.39 is 0 Å². The normalized spacial score (nSPS) is 11.8. The average molecular weight is 248 g/mol. The standard InChI is InChI=1S/C11H25NO.ClH.Na.H/c1-4-5-6-7-8-9-10-12(3)11(2)13;;;/h11,13H,4-10H2,1-3H3;1H;;/q;;+1;-1. The molecule has 2 nitrogen and oxygen atoms in total. The molecule has 1 unspecified atom stereocenters. The molecule has 0 aliphatic heterocycles. The smallest absolute Gasteiger partial charge is 1.00 e. The molecule has 0 aliphatic rings. The van der Waals surface area contributed by atoms with E-state index in [1.165, 1.54) is 38.5 Å². The van der Waals surface area contributed by atoms with Gasteiger partial charge in [0, 0.05) is 6.54 Å². The van der Waals surface area contributed by atoms with E-state index in [0.29, 0.717) is 0 Å². The summed E-state index contributed by atoms with van der Waals surface area (Å²) in [7, 11) is 1.97. The molecular formula is C11H27ClNNaO. The summed E-state index contributed by atoms with van der Waals surface area (Å²) in [4.78, 5) is 1.99. The minimum Gasteiger partial charge on any atom is -1.00 e. The van der Waals surface area contributed by atoms with E-state index >= 15 is 0 Å². The summed E-state index contributed by atoms with van der Waals surface area (Å²) in [6, 6.07) is 0. The number of halogens is 1. The minimum absolute atomic E-state index is 0. The van der Waals surface area contributed by atoms with E-state index in [2.05, 4.69) is 6.92 Å². The van der Waals surface area contributed by atoms with Crippen LogP contribution in [0.3, 0.4) is 0 Å². The molecule has 0 radical (unpaired) electrons. The van der Waals surface area contributed by atoms with Gasteiger partial charge in [-0.15, -0.1) is 12.4 Å². The number of nitrogens with zero attached hydrogens (tertiary/aromatic N) is 1. The molecule has 1 N–H and O–H groups in total. The Hall–Kier alpha value is 1.21. The van der Waals surface area contributed by atoms with Crippen LogP contribution in [0.2, 0.25) is 0 Å². The van der Waals surface area contributed by atoms with Crippen LogP contribution in [0.25, 0.3) is 0 Å². The second kappa shape index (κ2) is 15.2. The number of aliphatic hydroxyl groups is 1. The van der Waals surface area contributed by atoms with Crippen molar-refractivity contribution >= 4 is 12.4 Å². The van der Waals surface area contributed by atoms with E-state index in [1.807, 2.05) is 18.9 Å². The van der Waals surface area contributed by atoms with Crippen molar-refractivity contribution in [1.29, 1.82) is 0 Å². The SMILES string of the molecule is CCCCCCCCN(C)C(C)O.Cl.[H-].[Na+]. The zero-order chi connectivity index (χ0) is 10.1. The Bertz CT molecular complexity index is 120. The second-order valence-electron chi connectivity index (χ2n) is 3.88. The summed E-state index contributed by atoms with van der Waals surface area (Å²) in [6.45, 7) is 5.07. The van der Waals surface area contributed by atoms with Crippen molar-refractivity contribution in [3.05, 3.63) is 0 Å². The van der Waals surface area contributed by atoms with Crippen molar-refractivity contribution in [2.24, 2.45) is 0 Å². The molecule has 0 aromatic rings. The fraction of sp³-hybridized carbons (Fsp3) is 1.00. The molecule has 0 spiro atoms. The van der Waals surface area contributed by atoms with E-state index in [-0.39, 0.29) is 49.6 Å². The van der Waals surface area contributed by atoms with Gasteiger partial charge in [0.1, 0.15) is 6.23 Å². The largest absolute Gasteiger partial charge is 1.00 e. The van der Waals surface area contributed by atoms with Gasteiger partial charge in [0.25, 0.3) is 0 Å². The van der Waals surface area contributed by atoms with Crippen LogP contribution in [-0.2, 0) is 0 Å². The summed E-state index contributed by atoms with van der Waals surface area (Å²) in [5, 5.41) is 9.19. The van der Waals surface area contributed by atoms with Crippen LogP contribution in [0.4, 0.5) is 0 Å². The Labute approximate surface area is 125 Å². The molecule has 1 atom stereocenters. The summed E-state index contributed by atoms with van der Waals surface area (Å²) < 4.78 is 0. The van der Waals surface area contributed by atoms with Gasteiger partial charge in [-0.1, -0.05) is 39.0 Å². The predicted octanol–water partition coefficient (Wildman–Crippen LogP) is 0.155. The maximum atomic E-state index is 9.19. The van der Waals surface area contributed by atoms with Crippen LogP contribution >= 0.6 is 12.4 Å². The molecule has 0 fully saturated rings. The van der Waals surface area contributed by atoms with Crippen LogP contribution in [0, 0.1) is 0 Å². The predicted molar refractivity (Wildman–Crippen MR) is 66.0 cm³/mol. The number of hydrogen-bond acceptors (Lipinski definition) is 2. The second-order valence-corrected chi connectivity index (χ2v) is 3.88. The van der Waals surface area contributed by atoms with Gasteiger partial charge in [0.05, 0.1) is 0 Å². The minimum atomic E-state index is -0.296. The van der Waals surface area contributed by atoms with E-state index in [0.717, 1.165) is 6.54 Å². The number of unbranched alkanes of at least 4 members (excludes halogenated alkanes) is 5. The Kier molecular flexibility index (Phi) is 21.8. The van der Waals surface area contributed by atoms with Crippen molar-refractivity contribution in [3.8, 4) is 0 Å². The fourth-order valence-corrected chi connectivity index (χ4v) is 1.33. The molecule has 0 heterocycles. The first kappa shape index (κ1) is 21.5. The van der Waals surface area contributed by atoms with Crippen molar-refractivity contribution in [2.45, 2.75) is 58.6 Å². The van der Waals surface area contributed by atoms with Gasteiger partial charge < -0.3 is 6.53 Å². The van der Waals surface area contributed by atoms with Crippen LogP contribution in [0.1, 0.15) is 53.8 Å². The third kappa shape index (κ3) is 15.2. The molecule has 0 saturated heterocycles. The van der Waals surface area contributed by atoms with Crippen LogP contribution < -0.4 is 29.6 Å². The molecule has 0 saturated carbocycles. The zero-order valence-electron chi connectivity index (χ0n) is 11.8.